The molecular weight excluding hydrogens is 181 g/mol. The molecule has 0 unspecified atom stereocenters. The smallest absolute Gasteiger partial charge is 0.512 e. The maximum absolute atomic E-state index is 8.68. The Morgan fingerprint density at radius 1 is 1.29 bits per heavy atom. The third-order valence-electron chi connectivity index (χ3n) is 1.69. The monoisotopic (exact) mass is 195 g/mol. The highest BCUT2D eigenvalue weighted by atomic mass is 16.6. The van der Waals surface area contributed by atoms with Gasteiger partial charge in [-0.25, -0.2) is 0 Å². The maximum atomic E-state index is 8.68. The van der Waals surface area contributed by atoms with E-state index in [4.69, 9.17) is 14.7 Å². The molecule has 1 aromatic carbocycles. The summed E-state index contributed by atoms with van der Waals surface area (Å²) in [6.45, 7) is 0.697. The van der Waals surface area contributed by atoms with Gasteiger partial charge in [0.1, 0.15) is 5.75 Å². The van der Waals surface area contributed by atoms with Crippen molar-refractivity contribution in [2.75, 3.05) is 14.1 Å². The van der Waals surface area contributed by atoms with E-state index in [9.17, 15) is 0 Å². The average Bonchev–Trinajstić information content (AvgIpc) is 2.06. The zero-order valence-electron chi connectivity index (χ0n) is 8.34. The van der Waals surface area contributed by atoms with Crippen LogP contribution in [0.3, 0.4) is 0 Å². The fourth-order valence-electron chi connectivity index (χ4n) is 1.20. The lowest BCUT2D eigenvalue weighted by molar-refractivity contribution is 0.284. The van der Waals surface area contributed by atoms with Crippen LogP contribution in [-0.2, 0) is 6.54 Å². The first-order valence-electron chi connectivity index (χ1n) is 4.35. The molecule has 0 spiro atoms. The van der Waals surface area contributed by atoms with Crippen molar-refractivity contribution in [3.05, 3.63) is 29.8 Å². The molecule has 0 aliphatic heterocycles. The van der Waals surface area contributed by atoms with Gasteiger partial charge in [0.05, 0.1) is 0 Å². The normalized spacial score (nSPS) is 10.4. The summed E-state index contributed by atoms with van der Waals surface area (Å²) in [6.07, 6.45) is 0. The lowest BCUT2D eigenvalue weighted by Crippen LogP contribution is -2.22. The minimum absolute atomic E-state index is 0.496. The van der Waals surface area contributed by atoms with Crippen LogP contribution in [0.15, 0.2) is 24.3 Å². The second kappa shape index (κ2) is 5.00. The van der Waals surface area contributed by atoms with E-state index in [1.54, 1.807) is 12.1 Å². The molecule has 0 bridgehead atoms. The highest BCUT2D eigenvalue weighted by Gasteiger charge is 2.13. The van der Waals surface area contributed by atoms with Crippen molar-refractivity contribution in [2.24, 2.45) is 0 Å². The van der Waals surface area contributed by atoms with Crippen molar-refractivity contribution in [3.8, 4) is 5.75 Å². The Labute approximate surface area is 83.9 Å². The van der Waals surface area contributed by atoms with Crippen molar-refractivity contribution < 1.29 is 14.7 Å². The van der Waals surface area contributed by atoms with Gasteiger partial charge < -0.3 is 19.6 Å². The molecule has 0 fully saturated rings. The number of para-hydroxylation sites is 1. The third kappa shape index (κ3) is 3.37. The SMILES string of the molecule is CN(C)Cc1ccccc1OB(O)O. The van der Waals surface area contributed by atoms with E-state index in [1.807, 2.05) is 31.1 Å². The number of hydrogen-bond donors (Lipinski definition) is 2. The molecule has 0 aromatic heterocycles. The average molecular weight is 195 g/mol. The van der Waals surface area contributed by atoms with E-state index >= 15 is 0 Å². The predicted molar refractivity (Wildman–Crippen MR) is 54.7 cm³/mol. The van der Waals surface area contributed by atoms with Gasteiger partial charge in [-0.05, 0) is 20.2 Å². The van der Waals surface area contributed by atoms with Gasteiger partial charge in [0.2, 0.25) is 0 Å². The zero-order chi connectivity index (χ0) is 10.6. The second-order valence-corrected chi connectivity index (χ2v) is 3.29. The van der Waals surface area contributed by atoms with Crippen molar-refractivity contribution in [1.29, 1.82) is 0 Å². The first-order chi connectivity index (χ1) is 6.59. The number of nitrogens with zero attached hydrogens (tertiary/aromatic N) is 1. The summed E-state index contributed by atoms with van der Waals surface area (Å²) in [6, 6.07) is 7.27. The molecule has 0 amide bonds. The summed E-state index contributed by atoms with van der Waals surface area (Å²) in [5.41, 5.74) is 0.922. The van der Waals surface area contributed by atoms with Gasteiger partial charge in [-0.1, -0.05) is 18.2 Å². The minimum Gasteiger partial charge on any atom is -0.512 e. The van der Waals surface area contributed by atoms with Gasteiger partial charge in [0.15, 0.2) is 0 Å². The Kier molecular flexibility index (Phi) is 3.94. The molecule has 76 valence electrons. The quantitative estimate of drug-likeness (QED) is 0.669. The zero-order valence-corrected chi connectivity index (χ0v) is 8.34. The van der Waals surface area contributed by atoms with Crippen LogP contribution in [0.25, 0.3) is 0 Å². The fraction of sp³-hybridized carbons (Fsp3) is 0.333. The first kappa shape index (κ1) is 11.0. The molecule has 0 saturated carbocycles. The molecule has 1 rings (SSSR count). The van der Waals surface area contributed by atoms with Gasteiger partial charge >= 0.3 is 7.32 Å². The van der Waals surface area contributed by atoms with Gasteiger partial charge in [-0.2, -0.15) is 0 Å². The van der Waals surface area contributed by atoms with Crippen molar-refractivity contribution >= 4 is 7.32 Å². The molecule has 4 nitrogen and oxygen atoms in total. The Hall–Kier alpha value is -1.04. The molecule has 5 heteroatoms. The molecular formula is C9H14BNO3. The molecule has 0 heterocycles. The number of hydrogen-bond acceptors (Lipinski definition) is 4. The Bertz CT molecular complexity index is 262. The molecule has 1 aromatic rings. The van der Waals surface area contributed by atoms with E-state index in [0.29, 0.717) is 12.3 Å². The second-order valence-electron chi connectivity index (χ2n) is 3.29. The van der Waals surface area contributed by atoms with Crippen molar-refractivity contribution in [1.82, 2.24) is 4.90 Å². The van der Waals surface area contributed by atoms with Gasteiger partial charge in [0.25, 0.3) is 0 Å². The Morgan fingerprint density at radius 2 is 1.93 bits per heavy atom. The van der Waals surface area contributed by atoms with Crippen molar-refractivity contribution in [3.63, 3.8) is 0 Å². The van der Waals surface area contributed by atoms with Crippen LogP contribution in [0.4, 0.5) is 0 Å². The highest BCUT2D eigenvalue weighted by molar-refractivity contribution is 6.33. The highest BCUT2D eigenvalue weighted by Crippen LogP contribution is 2.18. The molecule has 2 N–H and O–H groups in total. The lowest BCUT2D eigenvalue weighted by atomic mass is 10.1. The summed E-state index contributed by atoms with van der Waals surface area (Å²) in [5.74, 6) is 0.496. The molecule has 14 heavy (non-hydrogen) atoms. The Balaban J connectivity index is 2.80. The summed E-state index contributed by atoms with van der Waals surface area (Å²) in [5, 5.41) is 17.4. The van der Waals surface area contributed by atoms with E-state index in [-0.39, 0.29) is 0 Å². The van der Waals surface area contributed by atoms with E-state index in [1.165, 1.54) is 0 Å². The van der Waals surface area contributed by atoms with Gasteiger partial charge in [-0.15, -0.1) is 0 Å². The minimum atomic E-state index is -1.77. The van der Waals surface area contributed by atoms with Crippen LogP contribution in [-0.4, -0.2) is 36.4 Å². The van der Waals surface area contributed by atoms with Crippen LogP contribution in [0.2, 0.25) is 0 Å². The molecule has 0 aliphatic rings. The topological polar surface area (TPSA) is 52.9 Å². The van der Waals surface area contributed by atoms with Crippen LogP contribution in [0, 0.1) is 0 Å². The Morgan fingerprint density at radius 3 is 2.50 bits per heavy atom. The molecule has 0 radical (unpaired) electrons. The van der Waals surface area contributed by atoms with Crippen LogP contribution < -0.4 is 4.65 Å². The van der Waals surface area contributed by atoms with Crippen LogP contribution >= 0.6 is 0 Å². The predicted octanol–water partition coefficient (Wildman–Crippen LogP) is 0.0965. The lowest BCUT2D eigenvalue weighted by Gasteiger charge is -2.14. The van der Waals surface area contributed by atoms with Crippen molar-refractivity contribution in [2.45, 2.75) is 6.54 Å². The molecule has 0 atom stereocenters. The number of rotatable bonds is 4. The van der Waals surface area contributed by atoms with E-state index < -0.39 is 7.32 Å². The van der Waals surface area contributed by atoms with Crippen LogP contribution in [0.1, 0.15) is 5.56 Å². The fourth-order valence-corrected chi connectivity index (χ4v) is 1.20. The largest absolute Gasteiger partial charge is 0.707 e. The van der Waals surface area contributed by atoms with E-state index in [2.05, 4.69) is 0 Å². The third-order valence-corrected chi connectivity index (χ3v) is 1.69. The molecule has 0 aliphatic carbocycles. The summed E-state index contributed by atoms with van der Waals surface area (Å²) in [4.78, 5) is 1.98. The van der Waals surface area contributed by atoms with E-state index in [0.717, 1.165) is 5.56 Å². The summed E-state index contributed by atoms with van der Waals surface area (Å²) >= 11 is 0. The van der Waals surface area contributed by atoms with Crippen LogP contribution in [0.5, 0.6) is 5.75 Å². The van der Waals surface area contributed by atoms with Gasteiger partial charge in [0, 0.05) is 12.1 Å². The maximum Gasteiger partial charge on any atom is 0.707 e. The van der Waals surface area contributed by atoms with Gasteiger partial charge in [-0.3, -0.25) is 0 Å². The summed E-state index contributed by atoms with van der Waals surface area (Å²) in [7, 11) is 2.11. The summed E-state index contributed by atoms with van der Waals surface area (Å²) < 4.78 is 4.83. The standard InChI is InChI=1S/C9H14BNO3/c1-11(2)7-8-5-3-4-6-9(8)14-10(12)13/h3-6,12-13H,7H2,1-2H3. The first-order valence-corrected chi connectivity index (χ1v) is 4.35. The molecule has 0 saturated heterocycles. The number of benzene rings is 1.